The molecule has 3 aliphatic rings. The van der Waals surface area contributed by atoms with E-state index in [1.54, 1.807) is 6.08 Å². The van der Waals surface area contributed by atoms with Gasteiger partial charge in [-0.3, -0.25) is 9.59 Å². The van der Waals surface area contributed by atoms with Crippen molar-refractivity contribution in [1.29, 1.82) is 0 Å². The largest absolute Gasteiger partial charge is 0.298 e. The van der Waals surface area contributed by atoms with Crippen LogP contribution in [0.3, 0.4) is 0 Å². The lowest BCUT2D eigenvalue weighted by Gasteiger charge is -2.33. The monoisotopic (exact) mass is 232 g/mol. The Hall–Kier alpha value is -0.920. The summed E-state index contributed by atoms with van der Waals surface area (Å²) in [4.78, 5) is 25.3. The molecular formula is C15H20O2. The number of Topliss-reactive ketones (excluding diaryl/α,β-unsaturated/α-hetero) is 1. The smallest absolute Gasteiger partial charge is 0.169 e. The van der Waals surface area contributed by atoms with E-state index in [2.05, 4.69) is 20.8 Å². The predicted octanol–water partition coefficient (Wildman–Crippen LogP) is 2.77. The van der Waals surface area contributed by atoms with Gasteiger partial charge in [0.15, 0.2) is 11.6 Å². The second-order valence-corrected chi connectivity index (χ2v) is 6.77. The lowest BCUT2D eigenvalue weighted by molar-refractivity contribution is -0.141. The molecule has 0 aromatic carbocycles. The maximum absolute atomic E-state index is 12.8. The highest BCUT2D eigenvalue weighted by atomic mass is 16.2. The summed E-state index contributed by atoms with van der Waals surface area (Å²) in [5.41, 5.74) is 0.277. The Morgan fingerprint density at radius 2 is 1.88 bits per heavy atom. The van der Waals surface area contributed by atoms with Crippen LogP contribution < -0.4 is 0 Å². The molecule has 17 heavy (non-hydrogen) atoms. The molecule has 0 aliphatic heterocycles. The van der Waals surface area contributed by atoms with E-state index in [1.165, 1.54) is 0 Å². The highest BCUT2D eigenvalue weighted by Crippen LogP contribution is 2.68. The molecule has 0 radical (unpaired) electrons. The normalized spacial score (nSPS) is 47.1. The number of hydrogen-bond donors (Lipinski definition) is 0. The fourth-order valence-corrected chi connectivity index (χ4v) is 5.11. The molecule has 2 saturated carbocycles. The van der Waals surface area contributed by atoms with Gasteiger partial charge in [0.25, 0.3) is 0 Å². The molecule has 1 spiro atoms. The van der Waals surface area contributed by atoms with Crippen molar-refractivity contribution >= 4 is 11.6 Å². The van der Waals surface area contributed by atoms with Crippen LogP contribution in [0.2, 0.25) is 0 Å². The van der Waals surface area contributed by atoms with E-state index in [1.807, 2.05) is 6.92 Å². The van der Waals surface area contributed by atoms with Gasteiger partial charge >= 0.3 is 0 Å². The van der Waals surface area contributed by atoms with Gasteiger partial charge in [-0.2, -0.15) is 0 Å². The fourth-order valence-electron chi connectivity index (χ4n) is 5.11. The standard InChI is InChI=1S/C15H20O2/c1-8-7-11(16)15-9(2)5-6-10(15)14(3,4)12(8)13(15)17/h7,9-10,12H,5-6H2,1-4H3/t9-,10?,12?,15?/m1/s1. The molecule has 3 rings (SSSR count). The van der Waals surface area contributed by atoms with Crippen LogP contribution in [0, 0.1) is 28.6 Å². The molecule has 2 bridgehead atoms. The van der Waals surface area contributed by atoms with Gasteiger partial charge in [-0.15, -0.1) is 0 Å². The number of allylic oxidation sites excluding steroid dienone is 2. The number of rotatable bonds is 0. The summed E-state index contributed by atoms with van der Waals surface area (Å²) < 4.78 is 0. The Kier molecular flexibility index (Phi) is 1.91. The maximum Gasteiger partial charge on any atom is 0.169 e. The van der Waals surface area contributed by atoms with Crippen LogP contribution in [0.1, 0.15) is 40.5 Å². The first-order valence-corrected chi connectivity index (χ1v) is 6.61. The van der Waals surface area contributed by atoms with E-state index < -0.39 is 5.41 Å². The highest BCUT2D eigenvalue weighted by Gasteiger charge is 2.72. The van der Waals surface area contributed by atoms with Gasteiger partial charge in [-0.1, -0.05) is 26.3 Å². The van der Waals surface area contributed by atoms with Gasteiger partial charge in [0.05, 0.1) is 5.41 Å². The molecule has 0 saturated heterocycles. The van der Waals surface area contributed by atoms with Crippen molar-refractivity contribution in [3.8, 4) is 0 Å². The van der Waals surface area contributed by atoms with E-state index in [0.29, 0.717) is 0 Å². The first kappa shape index (κ1) is 11.2. The first-order valence-electron chi connectivity index (χ1n) is 6.61. The SMILES string of the molecule is CC1=CC(=O)C23C(=O)C1C(C)(C)C2CC[C@H]3C. The zero-order chi connectivity index (χ0) is 12.6. The summed E-state index contributed by atoms with van der Waals surface area (Å²) in [6.07, 6.45) is 3.81. The molecule has 3 aliphatic carbocycles. The predicted molar refractivity (Wildman–Crippen MR) is 65.4 cm³/mol. The molecule has 0 N–H and O–H groups in total. The molecule has 3 unspecified atom stereocenters. The van der Waals surface area contributed by atoms with Gasteiger partial charge in [0.1, 0.15) is 0 Å². The number of carbonyl (C=O) groups excluding carboxylic acids is 2. The van der Waals surface area contributed by atoms with Crippen LogP contribution in [-0.2, 0) is 9.59 Å². The molecule has 4 atom stereocenters. The van der Waals surface area contributed by atoms with Crippen LogP contribution in [0.25, 0.3) is 0 Å². The van der Waals surface area contributed by atoms with Crippen molar-refractivity contribution in [1.82, 2.24) is 0 Å². The fraction of sp³-hybridized carbons (Fsp3) is 0.733. The highest BCUT2D eigenvalue weighted by molar-refractivity contribution is 6.18. The van der Waals surface area contributed by atoms with Gasteiger partial charge in [-0.05, 0) is 43.1 Å². The number of carbonyl (C=O) groups is 2. The van der Waals surface area contributed by atoms with Crippen molar-refractivity contribution in [2.24, 2.45) is 28.6 Å². The van der Waals surface area contributed by atoms with Crippen LogP contribution in [0.4, 0.5) is 0 Å². The molecule has 2 fully saturated rings. The number of fused-ring (bicyclic) bond motifs is 1. The zero-order valence-corrected chi connectivity index (χ0v) is 11.0. The number of ketones is 2. The zero-order valence-electron chi connectivity index (χ0n) is 11.0. The van der Waals surface area contributed by atoms with Gasteiger partial charge in [0, 0.05) is 5.92 Å². The van der Waals surface area contributed by atoms with E-state index >= 15 is 0 Å². The summed E-state index contributed by atoms with van der Waals surface area (Å²) >= 11 is 0. The molecule has 2 heteroatoms. The van der Waals surface area contributed by atoms with Crippen LogP contribution >= 0.6 is 0 Å². The van der Waals surface area contributed by atoms with Gasteiger partial charge in [0.2, 0.25) is 0 Å². The summed E-state index contributed by atoms with van der Waals surface area (Å²) in [7, 11) is 0. The second kappa shape index (κ2) is 2.90. The second-order valence-electron chi connectivity index (χ2n) is 6.77. The third-order valence-corrected chi connectivity index (χ3v) is 5.75. The molecule has 0 aromatic rings. The quantitative estimate of drug-likeness (QED) is 0.602. The lowest BCUT2D eigenvalue weighted by atomic mass is 9.66. The maximum atomic E-state index is 12.8. The third kappa shape index (κ3) is 0.951. The first-order chi connectivity index (χ1) is 7.84. The molecule has 2 nitrogen and oxygen atoms in total. The minimum absolute atomic E-state index is 0.0204. The average Bonchev–Trinajstić information content (AvgIpc) is 2.60. The van der Waals surface area contributed by atoms with E-state index in [9.17, 15) is 9.59 Å². The Labute approximate surface area is 102 Å². The van der Waals surface area contributed by atoms with Gasteiger partial charge < -0.3 is 0 Å². The summed E-state index contributed by atoms with van der Waals surface area (Å²) in [6.45, 7) is 8.38. The minimum Gasteiger partial charge on any atom is -0.298 e. The summed E-state index contributed by atoms with van der Waals surface area (Å²) in [5, 5.41) is 0. The van der Waals surface area contributed by atoms with Crippen molar-refractivity contribution in [3.05, 3.63) is 11.6 Å². The Bertz CT molecular complexity index is 458. The Morgan fingerprint density at radius 1 is 1.24 bits per heavy atom. The van der Waals surface area contributed by atoms with E-state index in [-0.39, 0.29) is 34.7 Å². The lowest BCUT2D eigenvalue weighted by Crippen LogP contribution is -2.44. The summed E-state index contributed by atoms with van der Waals surface area (Å²) in [6, 6.07) is 0. The summed E-state index contributed by atoms with van der Waals surface area (Å²) in [5.74, 6) is 0.775. The van der Waals surface area contributed by atoms with Gasteiger partial charge in [-0.25, -0.2) is 0 Å². The molecule has 0 amide bonds. The van der Waals surface area contributed by atoms with Crippen molar-refractivity contribution < 1.29 is 9.59 Å². The van der Waals surface area contributed by atoms with E-state index in [4.69, 9.17) is 0 Å². The van der Waals surface area contributed by atoms with Crippen LogP contribution in [0.5, 0.6) is 0 Å². The molecular weight excluding hydrogens is 212 g/mol. The van der Waals surface area contributed by atoms with Crippen molar-refractivity contribution in [2.45, 2.75) is 40.5 Å². The molecule has 0 aromatic heterocycles. The third-order valence-electron chi connectivity index (χ3n) is 5.75. The molecule has 92 valence electrons. The van der Waals surface area contributed by atoms with E-state index in [0.717, 1.165) is 18.4 Å². The van der Waals surface area contributed by atoms with Crippen molar-refractivity contribution in [2.75, 3.05) is 0 Å². The topological polar surface area (TPSA) is 34.1 Å². The van der Waals surface area contributed by atoms with Crippen molar-refractivity contribution in [3.63, 3.8) is 0 Å². The number of hydrogen-bond acceptors (Lipinski definition) is 2. The molecule has 0 heterocycles. The Balaban J connectivity index is 2.30. The average molecular weight is 232 g/mol. The van der Waals surface area contributed by atoms with Crippen LogP contribution in [-0.4, -0.2) is 11.6 Å². The van der Waals surface area contributed by atoms with Crippen LogP contribution in [0.15, 0.2) is 11.6 Å². The minimum atomic E-state index is -0.659. The Morgan fingerprint density at radius 3 is 2.53 bits per heavy atom.